The van der Waals surface area contributed by atoms with Crippen LogP contribution in [0.1, 0.15) is 12.5 Å². The van der Waals surface area contributed by atoms with Gasteiger partial charge in [-0.3, -0.25) is 9.59 Å². The Morgan fingerprint density at radius 3 is 2.38 bits per heavy atom. The van der Waals surface area contributed by atoms with Crippen molar-refractivity contribution in [1.82, 2.24) is 5.32 Å². The average Bonchev–Trinajstić information content (AvgIpc) is 2.62. The minimum atomic E-state index is -1.23. The molecule has 2 aromatic carbocycles. The van der Waals surface area contributed by atoms with E-state index in [-0.39, 0.29) is 12.1 Å². The Labute approximate surface area is 148 Å². The lowest BCUT2D eigenvalue weighted by molar-refractivity contribution is -0.137. The van der Waals surface area contributed by atoms with Crippen molar-refractivity contribution >= 4 is 17.5 Å². The first-order valence-corrected chi connectivity index (χ1v) is 7.61. The summed E-state index contributed by atoms with van der Waals surface area (Å²) >= 11 is 0. The minimum absolute atomic E-state index is 0.194. The van der Waals surface area contributed by atoms with Crippen molar-refractivity contribution in [1.29, 1.82) is 0 Å². The van der Waals surface area contributed by atoms with E-state index in [1.807, 2.05) is 5.32 Å². The van der Waals surface area contributed by atoms with Gasteiger partial charge in [-0.2, -0.15) is 0 Å². The van der Waals surface area contributed by atoms with Crippen LogP contribution in [0, 0.1) is 17.5 Å². The van der Waals surface area contributed by atoms with Gasteiger partial charge in [0, 0.05) is 18.7 Å². The topological polar surface area (TPSA) is 67.4 Å². The predicted molar refractivity (Wildman–Crippen MR) is 88.8 cm³/mol. The molecule has 0 heterocycles. The summed E-state index contributed by atoms with van der Waals surface area (Å²) in [6.45, 7) is 1.32. The van der Waals surface area contributed by atoms with E-state index in [1.165, 1.54) is 32.2 Å². The molecule has 0 fully saturated rings. The molecule has 26 heavy (non-hydrogen) atoms. The second-order valence-electron chi connectivity index (χ2n) is 5.68. The van der Waals surface area contributed by atoms with E-state index in [9.17, 15) is 22.8 Å². The fourth-order valence-corrected chi connectivity index (χ4v) is 2.27. The first-order valence-electron chi connectivity index (χ1n) is 7.61. The van der Waals surface area contributed by atoms with Crippen molar-refractivity contribution < 1.29 is 27.5 Å². The molecular formula is C18H17F3N2O3. The lowest BCUT2D eigenvalue weighted by Gasteiger charge is -2.29. The maximum Gasteiger partial charge on any atom is 0.313 e. The summed E-state index contributed by atoms with van der Waals surface area (Å²) in [5, 5.41) is 4.27. The van der Waals surface area contributed by atoms with Crippen molar-refractivity contribution in [2.75, 3.05) is 19.0 Å². The molecule has 0 aliphatic heterocycles. The lowest BCUT2D eigenvalue weighted by Crippen LogP contribution is -2.44. The number of ether oxygens (including phenoxy) is 1. The Hall–Kier alpha value is -2.87. The van der Waals surface area contributed by atoms with Crippen molar-refractivity contribution in [3.63, 3.8) is 0 Å². The van der Waals surface area contributed by atoms with Crippen LogP contribution in [0.2, 0.25) is 0 Å². The summed E-state index contributed by atoms with van der Waals surface area (Å²) in [7, 11) is 1.33. The Balaban J connectivity index is 2.05. The van der Waals surface area contributed by atoms with Crippen molar-refractivity contribution in [3.05, 3.63) is 65.5 Å². The summed E-state index contributed by atoms with van der Waals surface area (Å²) in [6, 6.07) is 8.30. The van der Waals surface area contributed by atoms with Gasteiger partial charge in [0.15, 0.2) is 0 Å². The van der Waals surface area contributed by atoms with Crippen molar-refractivity contribution in [2.45, 2.75) is 12.5 Å². The molecule has 1 atom stereocenters. The zero-order valence-electron chi connectivity index (χ0n) is 14.1. The van der Waals surface area contributed by atoms with E-state index >= 15 is 0 Å². The van der Waals surface area contributed by atoms with Crippen LogP contribution in [-0.2, 0) is 19.9 Å². The third-order valence-electron chi connectivity index (χ3n) is 3.86. The smallest absolute Gasteiger partial charge is 0.313 e. The van der Waals surface area contributed by atoms with Gasteiger partial charge in [0.25, 0.3) is 0 Å². The number of methoxy groups -OCH3 is 1. The highest BCUT2D eigenvalue weighted by Crippen LogP contribution is 2.26. The van der Waals surface area contributed by atoms with Crippen LogP contribution in [0.15, 0.2) is 42.5 Å². The first kappa shape index (κ1) is 19.5. The summed E-state index contributed by atoms with van der Waals surface area (Å²) in [4.78, 5) is 23.8. The third-order valence-corrected chi connectivity index (χ3v) is 3.86. The molecule has 2 amide bonds. The molecule has 0 aliphatic rings. The zero-order valence-corrected chi connectivity index (χ0v) is 14.1. The zero-order chi connectivity index (χ0) is 19.3. The normalized spacial score (nSPS) is 13.0. The van der Waals surface area contributed by atoms with Crippen LogP contribution in [0.25, 0.3) is 0 Å². The molecule has 2 N–H and O–H groups in total. The number of amides is 2. The molecule has 8 heteroatoms. The number of carbonyl (C=O) groups excluding carboxylic acids is 2. The molecule has 1 unspecified atom stereocenters. The largest absolute Gasteiger partial charge is 0.372 e. The number of carbonyl (C=O) groups is 2. The molecule has 0 bridgehead atoms. The number of benzene rings is 2. The molecule has 2 aromatic rings. The van der Waals surface area contributed by atoms with Gasteiger partial charge in [-0.1, -0.05) is 18.2 Å². The SMILES string of the molecule is COC(C)(CNC(=O)C(=O)Nc1cc(F)ccc1F)c1ccccc1F. The number of hydrogen-bond acceptors (Lipinski definition) is 3. The number of nitrogens with one attached hydrogen (secondary N) is 2. The molecule has 0 aliphatic carbocycles. The van der Waals surface area contributed by atoms with Gasteiger partial charge < -0.3 is 15.4 Å². The Kier molecular flexibility index (Phi) is 5.99. The van der Waals surface area contributed by atoms with Gasteiger partial charge in [-0.05, 0) is 25.1 Å². The molecular weight excluding hydrogens is 349 g/mol. The second kappa shape index (κ2) is 8.01. The second-order valence-corrected chi connectivity index (χ2v) is 5.68. The molecule has 0 aromatic heterocycles. The van der Waals surface area contributed by atoms with E-state index in [0.29, 0.717) is 0 Å². The molecule has 0 spiro atoms. The molecule has 0 saturated heterocycles. The van der Waals surface area contributed by atoms with E-state index in [4.69, 9.17) is 4.74 Å². The van der Waals surface area contributed by atoms with Gasteiger partial charge in [0.1, 0.15) is 23.1 Å². The Morgan fingerprint density at radius 1 is 1.04 bits per heavy atom. The number of halogens is 3. The van der Waals surface area contributed by atoms with Crippen LogP contribution < -0.4 is 10.6 Å². The minimum Gasteiger partial charge on any atom is -0.372 e. The fourth-order valence-electron chi connectivity index (χ4n) is 2.27. The van der Waals surface area contributed by atoms with Gasteiger partial charge >= 0.3 is 11.8 Å². The van der Waals surface area contributed by atoms with Crippen molar-refractivity contribution in [3.8, 4) is 0 Å². The standard InChI is InChI=1S/C18H17F3N2O3/c1-18(26-2,12-5-3-4-6-13(12)20)10-22-16(24)17(25)23-15-9-11(19)7-8-14(15)21/h3-9H,10H2,1-2H3,(H,22,24)(H,23,25). The number of rotatable bonds is 5. The predicted octanol–water partition coefficient (Wildman–Crippen LogP) is 2.72. The summed E-state index contributed by atoms with van der Waals surface area (Å²) < 4.78 is 45.9. The Bertz CT molecular complexity index is 829. The summed E-state index contributed by atoms with van der Waals surface area (Å²) in [5.41, 5.74) is -1.50. The first-order chi connectivity index (χ1) is 12.3. The fraction of sp³-hybridized carbons (Fsp3) is 0.222. The summed E-state index contributed by atoms with van der Waals surface area (Å²) in [6.07, 6.45) is 0. The molecule has 138 valence electrons. The van der Waals surface area contributed by atoms with E-state index < -0.39 is 40.6 Å². The van der Waals surface area contributed by atoms with E-state index in [1.54, 1.807) is 6.07 Å². The van der Waals surface area contributed by atoms with E-state index in [2.05, 4.69) is 5.32 Å². The monoisotopic (exact) mass is 366 g/mol. The van der Waals surface area contributed by atoms with Gasteiger partial charge in [0.05, 0.1) is 12.2 Å². The maximum absolute atomic E-state index is 14.0. The van der Waals surface area contributed by atoms with Crippen LogP contribution >= 0.6 is 0 Å². The highest BCUT2D eigenvalue weighted by atomic mass is 19.1. The lowest BCUT2D eigenvalue weighted by atomic mass is 9.95. The maximum atomic E-state index is 14.0. The molecule has 0 saturated carbocycles. The Morgan fingerprint density at radius 2 is 1.73 bits per heavy atom. The van der Waals surface area contributed by atoms with Gasteiger partial charge in [-0.25, -0.2) is 13.2 Å². The van der Waals surface area contributed by atoms with Crippen LogP contribution in [0.4, 0.5) is 18.9 Å². The molecule has 5 nitrogen and oxygen atoms in total. The van der Waals surface area contributed by atoms with Gasteiger partial charge in [-0.15, -0.1) is 0 Å². The van der Waals surface area contributed by atoms with Crippen LogP contribution in [0.5, 0.6) is 0 Å². The summed E-state index contributed by atoms with van der Waals surface area (Å²) in [5.74, 6) is -4.48. The van der Waals surface area contributed by atoms with Crippen molar-refractivity contribution in [2.24, 2.45) is 0 Å². The number of hydrogen-bond donors (Lipinski definition) is 2. The van der Waals surface area contributed by atoms with Gasteiger partial charge in [0.2, 0.25) is 0 Å². The third kappa shape index (κ3) is 4.40. The number of anilines is 1. The molecule has 0 radical (unpaired) electrons. The highest BCUT2D eigenvalue weighted by Gasteiger charge is 2.30. The van der Waals surface area contributed by atoms with E-state index in [0.717, 1.165) is 18.2 Å². The average molecular weight is 366 g/mol. The molecule has 2 rings (SSSR count). The quantitative estimate of drug-likeness (QED) is 0.800. The highest BCUT2D eigenvalue weighted by molar-refractivity contribution is 6.39. The van der Waals surface area contributed by atoms with Crippen LogP contribution in [0.3, 0.4) is 0 Å². The van der Waals surface area contributed by atoms with Crippen LogP contribution in [-0.4, -0.2) is 25.5 Å².